The maximum absolute atomic E-state index is 13.0. The first-order chi connectivity index (χ1) is 17.2. The van der Waals surface area contributed by atoms with E-state index in [9.17, 15) is 22.8 Å². The van der Waals surface area contributed by atoms with Gasteiger partial charge in [-0.25, -0.2) is 9.59 Å². The van der Waals surface area contributed by atoms with Gasteiger partial charge >= 0.3 is 18.1 Å². The Morgan fingerprint density at radius 3 is 2.36 bits per heavy atom. The van der Waals surface area contributed by atoms with Gasteiger partial charge in [0, 0.05) is 40.7 Å². The van der Waals surface area contributed by atoms with Gasteiger partial charge in [-0.3, -0.25) is 4.98 Å². The molecule has 184 valence electrons. The van der Waals surface area contributed by atoms with Crippen molar-refractivity contribution in [2.75, 3.05) is 7.11 Å². The van der Waals surface area contributed by atoms with Crippen LogP contribution >= 0.6 is 0 Å². The molecule has 0 fully saturated rings. The lowest BCUT2D eigenvalue weighted by molar-refractivity contribution is -0.137. The second kappa shape index (κ2) is 9.95. The minimum Gasteiger partial charge on any atom is -0.477 e. The summed E-state index contributed by atoms with van der Waals surface area (Å²) >= 11 is 0. The van der Waals surface area contributed by atoms with Crippen LogP contribution in [-0.4, -0.2) is 38.7 Å². The number of aromatic amines is 1. The molecule has 36 heavy (non-hydrogen) atoms. The molecule has 0 bridgehead atoms. The van der Waals surface area contributed by atoms with E-state index in [1.807, 2.05) is 24.3 Å². The number of ether oxygens (including phenoxy) is 1. The third kappa shape index (κ3) is 5.22. The summed E-state index contributed by atoms with van der Waals surface area (Å²) in [5.74, 6) is -1.53. The highest BCUT2D eigenvalue weighted by Gasteiger charge is 2.31. The zero-order valence-electron chi connectivity index (χ0n) is 18.9. The number of para-hydroxylation sites is 1. The highest BCUT2D eigenvalue weighted by molar-refractivity contribution is 5.96. The number of hydrogen-bond donors (Lipinski definition) is 2. The van der Waals surface area contributed by atoms with E-state index < -0.39 is 23.7 Å². The van der Waals surface area contributed by atoms with Crippen LogP contribution in [0.3, 0.4) is 0 Å². The standard InChI is InChI=1S/C17H13F3N2O2.C9H7NO2/c1-24-16(23)15-8-12-2-3-13(17(18,19)20)9-14(12)22(15)10-11-4-6-21-7-5-11;11-9(12)8-5-6-3-1-2-4-7(6)10-8/h2-9H,10H2,1H3;1-5,10H,(H,11,12). The lowest BCUT2D eigenvalue weighted by Gasteiger charge is -2.11. The topological polar surface area (TPSA) is 97.2 Å². The van der Waals surface area contributed by atoms with Crippen LogP contribution in [0.5, 0.6) is 0 Å². The number of benzene rings is 2. The van der Waals surface area contributed by atoms with Gasteiger partial charge in [-0.1, -0.05) is 24.3 Å². The van der Waals surface area contributed by atoms with Crippen LogP contribution in [0, 0.1) is 0 Å². The first-order valence-corrected chi connectivity index (χ1v) is 10.7. The molecule has 3 aromatic heterocycles. The molecule has 0 saturated heterocycles. The van der Waals surface area contributed by atoms with E-state index in [0.29, 0.717) is 10.9 Å². The Bertz CT molecular complexity index is 1510. The molecule has 5 aromatic rings. The van der Waals surface area contributed by atoms with Gasteiger partial charge in [-0.15, -0.1) is 0 Å². The molecule has 0 aliphatic heterocycles. The number of nitrogens with zero attached hydrogens (tertiary/aromatic N) is 2. The first kappa shape index (κ1) is 24.5. The average Bonchev–Trinajstić information content (AvgIpc) is 3.46. The fourth-order valence-corrected chi connectivity index (χ4v) is 3.73. The smallest absolute Gasteiger partial charge is 0.416 e. The van der Waals surface area contributed by atoms with Gasteiger partial charge in [-0.2, -0.15) is 13.2 Å². The molecule has 0 aliphatic rings. The number of carbonyl (C=O) groups is 2. The van der Waals surface area contributed by atoms with E-state index in [4.69, 9.17) is 9.84 Å². The fraction of sp³-hybridized carbons (Fsp3) is 0.115. The summed E-state index contributed by atoms with van der Waals surface area (Å²) in [7, 11) is 1.23. The van der Waals surface area contributed by atoms with Gasteiger partial charge in [0.05, 0.1) is 12.7 Å². The summed E-state index contributed by atoms with van der Waals surface area (Å²) in [5.41, 5.74) is 1.65. The van der Waals surface area contributed by atoms with Crippen molar-refractivity contribution >= 4 is 33.7 Å². The van der Waals surface area contributed by atoms with Crippen molar-refractivity contribution in [3.8, 4) is 0 Å². The maximum Gasteiger partial charge on any atom is 0.416 e. The third-order valence-electron chi connectivity index (χ3n) is 5.48. The van der Waals surface area contributed by atoms with Crippen molar-refractivity contribution in [2.24, 2.45) is 0 Å². The highest BCUT2D eigenvalue weighted by atomic mass is 19.4. The molecular weight excluding hydrogens is 475 g/mol. The van der Waals surface area contributed by atoms with Crippen molar-refractivity contribution in [1.82, 2.24) is 14.5 Å². The van der Waals surface area contributed by atoms with Gasteiger partial charge in [0.15, 0.2) is 0 Å². The number of pyridine rings is 1. The molecule has 0 atom stereocenters. The SMILES string of the molecule is COC(=O)c1cc2ccc(C(F)(F)F)cc2n1Cc1ccncc1.O=C(O)c1cc2ccccc2[nH]1. The predicted octanol–water partition coefficient (Wildman–Crippen LogP) is 5.76. The van der Waals surface area contributed by atoms with Crippen LogP contribution < -0.4 is 0 Å². The number of carboxylic acid groups (broad SMARTS) is 1. The average molecular weight is 495 g/mol. The molecule has 2 N–H and O–H groups in total. The number of aromatic carboxylic acids is 1. The number of carbonyl (C=O) groups excluding carboxylic acids is 1. The van der Waals surface area contributed by atoms with Gasteiger partial charge < -0.3 is 19.4 Å². The largest absolute Gasteiger partial charge is 0.477 e. The zero-order chi connectivity index (χ0) is 25.9. The number of esters is 1. The van der Waals surface area contributed by atoms with Crippen LogP contribution in [-0.2, 0) is 17.5 Å². The number of rotatable bonds is 4. The Kier molecular flexibility index (Phi) is 6.77. The monoisotopic (exact) mass is 495 g/mol. The Hall–Kier alpha value is -4.60. The number of hydrogen-bond acceptors (Lipinski definition) is 4. The number of halogens is 3. The molecule has 0 unspecified atom stereocenters. The lowest BCUT2D eigenvalue weighted by atomic mass is 10.1. The number of H-pyrrole nitrogens is 1. The molecule has 0 aliphatic carbocycles. The Balaban J connectivity index is 0.000000211. The van der Waals surface area contributed by atoms with Crippen molar-refractivity contribution in [3.63, 3.8) is 0 Å². The van der Waals surface area contributed by atoms with Gasteiger partial charge in [0.1, 0.15) is 11.4 Å². The summed E-state index contributed by atoms with van der Waals surface area (Å²) in [6.45, 7) is 0.234. The molecule has 5 rings (SSSR count). The molecule has 0 radical (unpaired) electrons. The number of alkyl halides is 3. The van der Waals surface area contributed by atoms with Gasteiger partial charge in [-0.05, 0) is 48.0 Å². The zero-order valence-corrected chi connectivity index (χ0v) is 18.9. The van der Waals surface area contributed by atoms with E-state index in [0.717, 1.165) is 28.6 Å². The van der Waals surface area contributed by atoms with Gasteiger partial charge in [0.25, 0.3) is 0 Å². The lowest BCUT2D eigenvalue weighted by Crippen LogP contribution is -2.12. The van der Waals surface area contributed by atoms with E-state index >= 15 is 0 Å². The molecule has 7 nitrogen and oxygen atoms in total. The summed E-state index contributed by atoms with van der Waals surface area (Å²) in [6, 6.07) is 17.5. The van der Waals surface area contributed by atoms with Crippen LogP contribution in [0.4, 0.5) is 13.2 Å². The second-order valence-electron chi connectivity index (χ2n) is 7.81. The fourth-order valence-electron chi connectivity index (χ4n) is 3.73. The number of nitrogens with one attached hydrogen (secondary N) is 1. The van der Waals surface area contributed by atoms with Crippen LogP contribution in [0.15, 0.2) is 79.1 Å². The van der Waals surface area contributed by atoms with Crippen LogP contribution in [0.1, 0.15) is 32.1 Å². The van der Waals surface area contributed by atoms with E-state index in [2.05, 4.69) is 9.97 Å². The van der Waals surface area contributed by atoms with E-state index in [1.54, 1.807) is 30.6 Å². The van der Waals surface area contributed by atoms with Crippen molar-refractivity contribution in [2.45, 2.75) is 12.7 Å². The molecule has 3 heterocycles. The van der Waals surface area contributed by atoms with Gasteiger partial charge in [0.2, 0.25) is 0 Å². The van der Waals surface area contributed by atoms with Crippen molar-refractivity contribution in [3.05, 3.63) is 102 Å². The quantitative estimate of drug-likeness (QED) is 0.309. The molecule has 0 amide bonds. The number of fused-ring (bicyclic) bond motifs is 2. The van der Waals surface area contributed by atoms with Crippen molar-refractivity contribution < 1.29 is 32.6 Å². The van der Waals surface area contributed by atoms with Crippen molar-refractivity contribution in [1.29, 1.82) is 0 Å². The summed E-state index contributed by atoms with van der Waals surface area (Å²) in [6.07, 6.45) is -1.29. The third-order valence-corrected chi connectivity index (χ3v) is 5.48. The molecular formula is C26H20F3N3O4. The molecule has 0 spiro atoms. The summed E-state index contributed by atoms with van der Waals surface area (Å²) in [4.78, 5) is 29.2. The van der Waals surface area contributed by atoms with Crippen LogP contribution in [0.25, 0.3) is 21.8 Å². The minimum atomic E-state index is -4.45. The summed E-state index contributed by atoms with van der Waals surface area (Å²) in [5, 5.41) is 10.1. The number of carboxylic acids is 1. The second-order valence-corrected chi connectivity index (χ2v) is 7.81. The Morgan fingerprint density at radius 1 is 1.00 bits per heavy atom. The normalized spacial score (nSPS) is 11.2. The molecule has 10 heteroatoms. The molecule has 2 aromatic carbocycles. The predicted molar refractivity (Wildman–Crippen MR) is 127 cm³/mol. The molecule has 0 saturated carbocycles. The Labute approximate surface area is 202 Å². The number of methoxy groups -OCH3 is 1. The van der Waals surface area contributed by atoms with Crippen LogP contribution in [0.2, 0.25) is 0 Å². The van der Waals surface area contributed by atoms with E-state index in [-0.39, 0.29) is 17.9 Å². The summed E-state index contributed by atoms with van der Waals surface area (Å²) < 4.78 is 45.3. The van der Waals surface area contributed by atoms with E-state index in [1.165, 1.54) is 23.8 Å². The maximum atomic E-state index is 13.0. The number of aromatic nitrogens is 3. The Morgan fingerprint density at radius 2 is 1.72 bits per heavy atom. The minimum absolute atomic E-state index is 0.198. The highest BCUT2D eigenvalue weighted by Crippen LogP contribution is 2.33. The first-order valence-electron chi connectivity index (χ1n) is 10.7.